The molecule has 5 nitrogen and oxygen atoms in total. The predicted octanol–water partition coefficient (Wildman–Crippen LogP) is 1.59. The SMILES string of the molecule is Cc1nc(C)c(C(=O)N2CCc3ccccc3C2)c(=O)[nH]1. The zero-order chi connectivity index (χ0) is 15.0. The molecule has 108 valence electrons. The van der Waals surface area contributed by atoms with Crippen LogP contribution in [0.1, 0.15) is 33.0 Å². The molecule has 1 aliphatic heterocycles. The number of hydrogen-bond acceptors (Lipinski definition) is 3. The van der Waals surface area contributed by atoms with Crippen molar-refractivity contribution in [2.24, 2.45) is 0 Å². The van der Waals surface area contributed by atoms with Crippen molar-refractivity contribution >= 4 is 5.91 Å². The summed E-state index contributed by atoms with van der Waals surface area (Å²) in [4.78, 5) is 33.2. The Labute approximate surface area is 122 Å². The average Bonchev–Trinajstić information content (AvgIpc) is 2.45. The fourth-order valence-corrected chi connectivity index (χ4v) is 2.81. The molecular weight excluding hydrogens is 266 g/mol. The molecular formula is C16H17N3O2. The van der Waals surface area contributed by atoms with Crippen LogP contribution < -0.4 is 5.56 Å². The number of H-pyrrole nitrogens is 1. The van der Waals surface area contributed by atoms with Crippen LogP contribution in [0.5, 0.6) is 0 Å². The highest BCUT2D eigenvalue weighted by Crippen LogP contribution is 2.20. The number of benzene rings is 1. The molecule has 0 unspecified atom stereocenters. The van der Waals surface area contributed by atoms with Crippen LogP contribution in [-0.4, -0.2) is 27.3 Å². The molecule has 0 bridgehead atoms. The highest BCUT2D eigenvalue weighted by molar-refractivity contribution is 5.95. The summed E-state index contributed by atoms with van der Waals surface area (Å²) in [6.45, 7) is 4.58. The Kier molecular flexibility index (Phi) is 3.33. The van der Waals surface area contributed by atoms with Crippen LogP contribution in [0.4, 0.5) is 0 Å². The van der Waals surface area contributed by atoms with Gasteiger partial charge in [-0.05, 0) is 31.4 Å². The minimum absolute atomic E-state index is 0.153. The number of hydrogen-bond donors (Lipinski definition) is 1. The van der Waals surface area contributed by atoms with Gasteiger partial charge in [-0.3, -0.25) is 9.59 Å². The second kappa shape index (κ2) is 5.16. The molecule has 21 heavy (non-hydrogen) atoms. The van der Waals surface area contributed by atoms with Crippen molar-refractivity contribution in [1.29, 1.82) is 0 Å². The number of nitrogens with one attached hydrogen (secondary N) is 1. The van der Waals surface area contributed by atoms with E-state index in [2.05, 4.69) is 16.0 Å². The van der Waals surface area contributed by atoms with Gasteiger partial charge in [-0.2, -0.15) is 0 Å². The van der Waals surface area contributed by atoms with Gasteiger partial charge >= 0.3 is 0 Å². The molecule has 1 N–H and O–H groups in total. The van der Waals surface area contributed by atoms with E-state index >= 15 is 0 Å². The molecule has 3 rings (SSSR count). The third-order valence-electron chi connectivity index (χ3n) is 3.85. The summed E-state index contributed by atoms with van der Waals surface area (Å²) in [6.07, 6.45) is 0.818. The van der Waals surface area contributed by atoms with Crippen LogP contribution in [0.25, 0.3) is 0 Å². The largest absolute Gasteiger partial charge is 0.334 e. The van der Waals surface area contributed by atoms with E-state index in [0.29, 0.717) is 24.6 Å². The van der Waals surface area contributed by atoms with Crippen LogP contribution in [0, 0.1) is 13.8 Å². The molecule has 1 aromatic carbocycles. The van der Waals surface area contributed by atoms with E-state index in [4.69, 9.17) is 0 Å². The van der Waals surface area contributed by atoms with Crippen LogP contribution in [0.3, 0.4) is 0 Å². The molecule has 2 heterocycles. The van der Waals surface area contributed by atoms with Gasteiger partial charge in [-0.15, -0.1) is 0 Å². The van der Waals surface area contributed by atoms with Crippen LogP contribution >= 0.6 is 0 Å². The van der Waals surface area contributed by atoms with Crippen LogP contribution in [0.15, 0.2) is 29.1 Å². The highest BCUT2D eigenvalue weighted by atomic mass is 16.2. The van der Waals surface area contributed by atoms with Gasteiger partial charge < -0.3 is 9.88 Å². The Morgan fingerprint density at radius 3 is 2.67 bits per heavy atom. The fraction of sp³-hybridized carbons (Fsp3) is 0.312. The van der Waals surface area contributed by atoms with E-state index in [1.165, 1.54) is 5.56 Å². The molecule has 1 aliphatic rings. The lowest BCUT2D eigenvalue weighted by Gasteiger charge is -2.29. The maximum atomic E-state index is 12.6. The number of fused-ring (bicyclic) bond motifs is 1. The summed E-state index contributed by atoms with van der Waals surface area (Å²) in [5, 5.41) is 0. The summed E-state index contributed by atoms with van der Waals surface area (Å²) in [5.41, 5.74) is 2.70. The topological polar surface area (TPSA) is 66.1 Å². The van der Waals surface area contributed by atoms with E-state index in [9.17, 15) is 9.59 Å². The molecule has 1 amide bonds. The Bertz CT molecular complexity index is 764. The normalized spacial score (nSPS) is 13.9. The Morgan fingerprint density at radius 1 is 1.24 bits per heavy atom. The van der Waals surface area contributed by atoms with Crippen molar-refractivity contribution in [3.8, 4) is 0 Å². The van der Waals surface area contributed by atoms with Gasteiger partial charge in [0.1, 0.15) is 11.4 Å². The van der Waals surface area contributed by atoms with Crippen molar-refractivity contribution in [2.45, 2.75) is 26.8 Å². The summed E-state index contributed by atoms with van der Waals surface area (Å²) in [6, 6.07) is 8.09. The first kappa shape index (κ1) is 13.5. The predicted molar refractivity (Wildman–Crippen MR) is 79.2 cm³/mol. The van der Waals surface area contributed by atoms with Crippen molar-refractivity contribution < 1.29 is 4.79 Å². The van der Waals surface area contributed by atoms with Crippen molar-refractivity contribution in [2.75, 3.05) is 6.54 Å². The Balaban J connectivity index is 1.93. The van der Waals surface area contributed by atoms with E-state index in [-0.39, 0.29) is 17.0 Å². The summed E-state index contributed by atoms with van der Waals surface area (Å²) < 4.78 is 0. The van der Waals surface area contributed by atoms with Crippen molar-refractivity contribution in [3.05, 3.63) is 62.8 Å². The van der Waals surface area contributed by atoms with Gasteiger partial charge in [-0.1, -0.05) is 24.3 Å². The van der Waals surface area contributed by atoms with E-state index in [0.717, 1.165) is 12.0 Å². The second-order valence-electron chi connectivity index (χ2n) is 5.36. The maximum Gasteiger partial charge on any atom is 0.264 e. The first-order chi connectivity index (χ1) is 10.1. The summed E-state index contributed by atoms with van der Waals surface area (Å²) in [7, 11) is 0. The minimum atomic E-state index is -0.358. The third kappa shape index (κ3) is 2.46. The number of carbonyl (C=O) groups excluding carboxylic acids is 1. The van der Waals surface area contributed by atoms with Crippen molar-refractivity contribution in [1.82, 2.24) is 14.9 Å². The Morgan fingerprint density at radius 2 is 1.95 bits per heavy atom. The first-order valence-corrected chi connectivity index (χ1v) is 7.00. The summed E-state index contributed by atoms with van der Waals surface area (Å²) >= 11 is 0. The fourth-order valence-electron chi connectivity index (χ4n) is 2.81. The number of amides is 1. The van der Waals surface area contributed by atoms with E-state index in [1.807, 2.05) is 18.2 Å². The molecule has 5 heteroatoms. The zero-order valence-electron chi connectivity index (χ0n) is 12.1. The number of aromatic nitrogens is 2. The average molecular weight is 283 g/mol. The third-order valence-corrected chi connectivity index (χ3v) is 3.85. The number of aryl methyl sites for hydroxylation is 2. The lowest BCUT2D eigenvalue weighted by molar-refractivity contribution is 0.0731. The summed E-state index contributed by atoms with van der Waals surface area (Å²) in [5.74, 6) is 0.286. The smallest absolute Gasteiger partial charge is 0.264 e. The molecule has 0 saturated heterocycles. The number of nitrogens with zero attached hydrogens (tertiary/aromatic N) is 2. The molecule has 2 aromatic rings. The number of rotatable bonds is 1. The molecule has 1 aromatic heterocycles. The van der Waals surface area contributed by atoms with Gasteiger partial charge in [-0.25, -0.2) is 4.98 Å². The molecule has 0 atom stereocenters. The Hall–Kier alpha value is -2.43. The van der Waals surface area contributed by atoms with Crippen LogP contribution in [-0.2, 0) is 13.0 Å². The molecule has 0 spiro atoms. The minimum Gasteiger partial charge on any atom is -0.334 e. The van der Waals surface area contributed by atoms with Gasteiger partial charge in [0.25, 0.3) is 11.5 Å². The number of aromatic amines is 1. The standard InChI is InChI=1S/C16H17N3O2/c1-10-14(15(20)18-11(2)17-10)16(21)19-8-7-12-5-3-4-6-13(12)9-19/h3-6H,7-9H2,1-2H3,(H,17,18,20). The van der Waals surface area contributed by atoms with E-state index in [1.54, 1.807) is 18.7 Å². The van der Waals surface area contributed by atoms with Gasteiger partial charge in [0.2, 0.25) is 0 Å². The van der Waals surface area contributed by atoms with Crippen LogP contribution in [0.2, 0.25) is 0 Å². The molecule has 0 aliphatic carbocycles. The molecule has 0 fully saturated rings. The zero-order valence-corrected chi connectivity index (χ0v) is 12.1. The van der Waals surface area contributed by atoms with Gasteiger partial charge in [0, 0.05) is 13.1 Å². The molecule has 0 radical (unpaired) electrons. The second-order valence-corrected chi connectivity index (χ2v) is 5.36. The van der Waals surface area contributed by atoms with Gasteiger partial charge in [0.05, 0.1) is 5.69 Å². The number of carbonyl (C=O) groups is 1. The van der Waals surface area contributed by atoms with E-state index < -0.39 is 0 Å². The monoisotopic (exact) mass is 283 g/mol. The lowest BCUT2D eigenvalue weighted by atomic mass is 9.99. The molecule has 0 saturated carbocycles. The van der Waals surface area contributed by atoms with Gasteiger partial charge in [0.15, 0.2) is 0 Å². The highest BCUT2D eigenvalue weighted by Gasteiger charge is 2.25. The quantitative estimate of drug-likeness (QED) is 0.864. The maximum absolute atomic E-state index is 12.6. The van der Waals surface area contributed by atoms with Crippen molar-refractivity contribution in [3.63, 3.8) is 0 Å². The lowest BCUT2D eigenvalue weighted by Crippen LogP contribution is -2.39. The first-order valence-electron chi connectivity index (χ1n) is 7.00.